The lowest BCUT2D eigenvalue weighted by atomic mass is 10.2. The molecule has 0 aliphatic carbocycles. The highest BCUT2D eigenvalue weighted by Crippen LogP contribution is 2.25. The van der Waals surface area contributed by atoms with E-state index in [0.29, 0.717) is 22.6 Å². The summed E-state index contributed by atoms with van der Waals surface area (Å²) in [6, 6.07) is 1.83. The van der Waals surface area contributed by atoms with E-state index < -0.39 is 0 Å². The quantitative estimate of drug-likeness (QED) is 0.233. The summed E-state index contributed by atoms with van der Waals surface area (Å²) in [5.41, 5.74) is 0.948. The molecular formula is C17H27Cl2IN6O. The predicted octanol–water partition coefficient (Wildman–Crippen LogP) is 4.14. The van der Waals surface area contributed by atoms with Crippen LogP contribution in [0.2, 0.25) is 10.2 Å². The Bertz CT molecular complexity index is 744. The molecule has 2 aromatic heterocycles. The molecule has 10 heteroatoms. The molecule has 0 atom stereocenters. The number of aromatic nitrogens is 3. The van der Waals surface area contributed by atoms with Gasteiger partial charge in [0.25, 0.3) is 0 Å². The third kappa shape index (κ3) is 7.15. The molecule has 0 saturated heterocycles. The van der Waals surface area contributed by atoms with Crippen LogP contribution in [0.5, 0.6) is 0 Å². The highest BCUT2D eigenvalue weighted by atomic mass is 127. The molecule has 2 N–H and O–H groups in total. The molecule has 7 nitrogen and oxygen atoms in total. The Morgan fingerprint density at radius 3 is 2.63 bits per heavy atom. The van der Waals surface area contributed by atoms with Crippen LogP contribution in [-0.2, 0) is 20.0 Å². The van der Waals surface area contributed by atoms with Crippen LogP contribution in [0, 0.1) is 0 Å². The third-order valence-electron chi connectivity index (χ3n) is 3.82. The van der Waals surface area contributed by atoms with Gasteiger partial charge in [-0.25, -0.2) is 4.99 Å². The first-order chi connectivity index (χ1) is 12.4. The van der Waals surface area contributed by atoms with Crippen molar-refractivity contribution in [3.05, 3.63) is 33.7 Å². The van der Waals surface area contributed by atoms with Gasteiger partial charge in [-0.3, -0.25) is 0 Å². The summed E-state index contributed by atoms with van der Waals surface area (Å²) in [7, 11) is 1.87. The standard InChI is InChI=1S/C17H26Cl2N6O.HI/c1-5-20-17(22-10-12-9-13(18)15(19)25(12)4)21-8-6-7-14-23-16(11(2)3)24-26-14;/h9,11H,5-8,10H2,1-4H3,(H2,20,21,22);1H. The van der Waals surface area contributed by atoms with Crippen LogP contribution >= 0.6 is 47.2 Å². The van der Waals surface area contributed by atoms with Crippen molar-refractivity contribution in [2.24, 2.45) is 12.0 Å². The maximum Gasteiger partial charge on any atom is 0.226 e. The molecule has 0 unspecified atom stereocenters. The Hall–Kier alpha value is -1.00. The van der Waals surface area contributed by atoms with E-state index in [-0.39, 0.29) is 29.9 Å². The van der Waals surface area contributed by atoms with Crippen LogP contribution in [0.4, 0.5) is 0 Å². The van der Waals surface area contributed by atoms with E-state index in [1.165, 1.54) is 0 Å². The SMILES string of the molecule is CCNC(=NCc1cc(Cl)c(Cl)n1C)NCCCc1nc(C(C)C)no1.I. The summed E-state index contributed by atoms with van der Waals surface area (Å²) in [5.74, 6) is 2.44. The monoisotopic (exact) mass is 528 g/mol. The summed E-state index contributed by atoms with van der Waals surface area (Å²) in [6.07, 6.45) is 1.60. The zero-order valence-corrected chi connectivity index (χ0v) is 19.9. The van der Waals surface area contributed by atoms with Crippen LogP contribution in [0.25, 0.3) is 0 Å². The second-order valence-electron chi connectivity index (χ2n) is 6.26. The molecular weight excluding hydrogens is 502 g/mol. The maximum atomic E-state index is 6.09. The van der Waals surface area contributed by atoms with Crippen molar-refractivity contribution in [1.29, 1.82) is 0 Å². The Morgan fingerprint density at radius 2 is 2.07 bits per heavy atom. The van der Waals surface area contributed by atoms with Crippen LogP contribution < -0.4 is 10.6 Å². The van der Waals surface area contributed by atoms with Gasteiger partial charge in [-0.15, -0.1) is 24.0 Å². The van der Waals surface area contributed by atoms with E-state index in [1.807, 2.05) is 38.5 Å². The van der Waals surface area contributed by atoms with Gasteiger partial charge in [0.05, 0.1) is 11.6 Å². The van der Waals surface area contributed by atoms with Crippen molar-refractivity contribution >= 4 is 53.1 Å². The number of nitrogens with zero attached hydrogens (tertiary/aromatic N) is 4. The molecule has 27 heavy (non-hydrogen) atoms. The molecule has 0 aliphatic heterocycles. The van der Waals surface area contributed by atoms with Crippen LogP contribution in [-0.4, -0.2) is 33.8 Å². The smallest absolute Gasteiger partial charge is 0.226 e. The molecule has 2 rings (SSSR count). The van der Waals surface area contributed by atoms with Crippen molar-refractivity contribution in [3.63, 3.8) is 0 Å². The summed E-state index contributed by atoms with van der Waals surface area (Å²) >= 11 is 12.1. The van der Waals surface area contributed by atoms with Gasteiger partial charge in [0.1, 0.15) is 5.15 Å². The molecule has 0 radical (unpaired) electrons. The lowest BCUT2D eigenvalue weighted by Gasteiger charge is -2.11. The number of hydrogen-bond acceptors (Lipinski definition) is 4. The predicted molar refractivity (Wildman–Crippen MR) is 120 cm³/mol. The molecule has 0 saturated carbocycles. The summed E-state index contributed by atoms with van der Waals surface area (Å²) < 4.78 is 7.08. The number of halogens is 3. The minimum Gasteiger partial charge on any atom is -0.357 e. The highest BCUT2D eigenvalue weighted by Gasteiger charge is 2.10. The molecule has 2 aromatic rings. The largest absolute Gasteiger partial charge is 0.357 e. The number of aryl methyl sites for hydroxylation is 1. The highest BCUT2D eigenvalue weighted by molar-refractivity contribution is 14.0. The fourth-order valence-electron chi connectivity index (χ4n) is 2.29. The van der Waals surface area contributed by atoms with Crippen molar-refractivity contribution in [2.75, 3.05) is 13.1 Å². The number of guanidine groups is 1. The first-order valence-corrected chi connectivity index (χ1v) is 9.52. The van der Waals surface area contributed by atoms with Crippen LogP contribution in [0.1, 0.15) is 50.5 Å². The fraction of sp³-hybridized carbons (Fsp3) is 0.588. The molecule has 0 fully saturated rings. The number of nitrogens with one attached hydrogen (secondary N) is 2. The zero-order chi connectivity index (χ0) is 19.1. The fourth-order valence-corrected chi connectivity index (χ4v) is 2.71. The molecule has 0 spiro atoms. The van der Waals surface area contributed by atoms with E-state index in [1.54, 1.807) is 0 Å². The lowest BCUT2D eigenvalue weighted by molar-refractivity contribution is 0.368. The van der Waals surface area contributed by atoms with E-state index in [2.05, 4.69) is 25.8 Å². The van der Waals surface area contributed by atoms with Crippen molar-refractivity contribution < 1.29 is 4.52 Å². The molecule has 152 valence electrons. The summed E-state index contributed by atoms with van der Waals surface area (Å²) in [6.45, 7) is 8.13. The molecule has 2 heterocycles. The Kier molecular flexibility index (Phi) is 10.5. The van der Waals surface area contributed by atoms with Gasteiger partial charge in [-0.1, -0.05) is 42.2 Å². The number of hydrogen-bond donors (Lipinski definition) is 2. The second kappa shape index (κ2) is 11.8. The molecule has 0 aliphatic rings. The second-order valence-corrected chi connectivity index (χ2v) is 7.03. The van der Waals surface area contributed by atoms with Crippen molar-refractivity contribution in [2.45, 2.75) is 46.1 Å². The van der Waals surface area contributed by atoms with Gasteiger partial charge >= 0.3 is 0 Å². The normalized spacial score (nSPS) is 11.6. The first kappa shape index (κ1) is 24.0. The first-order valence-electron chi connectivity index (χ1n) is 8.76. The summed E-state index contributed by atoms with van der Waals surface area (Å²) in [4.78, 5) is 8.96. The molecule has 0 bridgehead atoms. The average Bonchev–Trinajstić information content (AvgIpc) is 3.17. The molecule has 0 aromatic carbocycles. The van der Waals surface area contributed by atoms with E-state index >= 15 is 0 Å². The average molecular weight is 529 g/mol. The van der Waals surface area contributed by atoms with Gasteiger partial charge in [-0.05, 0) is 19.4 Å². The lowest BCUT2D eigenvalue weighted by Crippen LogP contribution is -2.37. The van der Waals surface area contributed by atoms with Gasteiger partial charge < -0.3 is 19.7 Å². The van der Waals surface area contributed by atoms with Gasteiger partial charge in [0.15, 0.2) is 11.8 Å². The number of aliphatic imine (C=N–C) groups is 1. The van der Waals surface area contributed by atoms with E-state index in [0.717, 1.165) is 43.4 Å². The third-order valence-corrected chi connectivity index (χ3v) is 4.66. The minimum absolute atomic E-state index is 0. The zero-order valence-electron chi connectivity index (χ0n) is 16.1. The Labute approximate surface area is 187 Å². The Balaban J connectivity index is 0.00000364. The number of rotatable bonds is 8. The van der Waals surface area contributed by atoms with Crippen molar-refractivity contribution in [1.82, 2.24) is 25.3 Å². The van der Waals surface area contributed by atoms with Crippen LogP contribution in [0.3, 0.4) is 0 Å². The van der Waals surface area contributed by atoms with Gasteiger partial charge in [0, 0.05) is 38.2 Å². The van der Waals surface area contributed by atoms with E-state index in [9.17, 15) is 0 Å². The van der Waals surface area contributed by atoms with Crippen LogP contribution in [0.15, 0.2) is 15.6 Å². The Morgan fingerprint density at radius 1 is 1.33 bits per heavy atom. The minimum atomic E-state index is 0. The van der Waals surface area contributed by atoms with Gasteiger partial charge in [-0.2, -0.15) is 4.98 Å². The molecule has 0 amide bonds. The van der Waals surface area contributed by atoms with Gasteiger partial charge in [0.2, 0.25) is 5.89 Å². The van der Waals surface area contributed by atoms with Crippen molar-refractivity contribution in [3.8, 4) is 0 Å². The maximum absolute atomic E-state index is 6.09. The summed E-state index contributed by atoms with van der Waals surface area (Å²) in [5, 5.41) is 11.6. The topological polar surface area (TPSA) is 80.3 Å². The van der Waals surface area contributed by atoms with E-state index in [4.69, 9.17) is 27.7 Å².